The van der Waals surface area contributed by atoms with Crippen molar-refractivity contribution < 1.29 is 4.74 Å². The Hall–Kier alpha value is -1.90. The second-order valence-electron chi connectivity index (χ2n) is 4.58. The first kappa shape index (κ1) is 14.5. The highest BCUT2D eigenvalue weighted by molar-refractivity contribution is 7.09. The van der Waals surface area contributed by atoms with Gasteiger partial charge in [0.2, 0.25) is 0 Å². The van der Waals surface area contributed by atoms with Crippen LogP contribution in [0.5, 0.6) is 5.75 Å². The summed E-state index contributed by atoms with van der Waals surface area (Å²) in [5, 5.41) is 15.6. The predicted molar refractivity (Wildman–Crippen MR) is 79.8 cm³/mol. The summed E-state index contributed by atoms with van der Waals surface area (Å²) < 4.78 is 5.14. The van der Waals surface area contributed by atoms with Gasteiger partial charge < -0.3 is 10.1 Å². The first-order chi connectivity index (χ1) is 9.63. The molecule has 0 aliphatic carbocycles. The molecule has 0 radical (unpaired) electrons. The van der Waals surface area contributed by atoms with Crippen LogP contribution in [0, 0.1) is 18.3 Å². The molecule has 0 bridgehead atoms. The van der Waals surface area contributed by atoms with E-state index in [1.165, 1.54) is 0 Å². The molecule has 1 heterocycles. The van der Waals surface area contributed by atoms with E-state index in [9.17, 15) is 0 Å². The number of nitrogens with one attached hydrogen (secondary N) is 1. The van der Waals surface area contributed by atoms with Crippen LogP contribution in [0.15, 0.2) is 23.6 Å². The Morgan fingerprint density at radius 2 is 2.30 bits per heavy atom. The number of nitriles is 1. The maximum absolute atomic E-state index is 9.07. The molecule has 0 spiro atoms. The van der Waals surface area contributed by atoms with Gasteiger partial charge in [-0.3, -0.25) is 0 Å². The topological polar surface area (TPSA) is 57.9 Å². The van der Waals surface area contributed by atoms with Crippen LogP contribution in [0.25, 0.3) is 0 Å². The van der Waals surface area contributed by atoms with Crippen LogP contribution in [0.2, 0.25) is 0 Å². The highest BCUT2D eigenvalue weighted by atomic mass is 32.1. The summed E-state index contributed by atoms with van der Waals surface area (Å²) >= 11 is 1.66. The standard InChI is InChI=1S/C15H17N3OS/c1-10-9-20-15(18-10)11(2)17-8-12-4-5-14(19-3)13(6-12)7-16/h4-6,9,11,17H,8H2,1-3H3. The minimum atomic E-state index is 0.196. The Kier molecular flexibility index (Phi) is 4.72. The van der Waals surface area contributed by atoms with Gasteiger partial charge in [-0.05, 0) is 31.5 Å². The first-order valence-corrected chi connectivity index (χ1v) is 7.24. The van der Waals surface area contributed by atoms with Gasteiger partial charge in [-0.2, -0.15) is 5.26 Å². The van der Waals surface area contributed by atoms with Gasteiger partial charge in [-0.1, -0.05) is 6.07 Å². The van der Waals surface area contributed by atoms with Crippen molar-refractivity contribution in [1.29, 1.82) is 5.26 Å². The number of aryl methyl sites for hydroxylation is 1. The Labute approximate surface area is 123 Å². The van der Waals surface area contributed by atoms with Crippen LogP contribution in [-0.2, 0) is 6.54 Å². The fourth-order valence-electron chi connectivity index (χ4n) is 1.88. The van der Waals surface area contributed by atoms with E-state index in [0.717, 1.165) is 16.3 Å². The molecule has 0 fully saturated rings. The molecular formula is C15H17N3OS. The molecule has 0 saturated carbocycles. The van der Waals surface area contributed by atoms with Gasteiger partial charge >= 0.3 is 0 Å². The minimum absolute atomic E-state index is 0.196. The predicted octanol–water partition coefficient (Wildman–Crippen LogP) is 3.18. The number of hydrogen-bond acceptors (Lipinski definition) is 5. The van der Waals surface area contributed by atoms with Crippen molar-refractivity contribution in [2.24, 2.45) is 0 Å². The molecule has 1 aromatic carbocycles. The Bertz CT molecular complexity index is 630. The van der Waals surface area contributed by atoms with Crippen LogP contribution in [-0.4, -0.2) is 12.1 Å². The van der Waals surface area contributed by atoms with Gasteiger partial charge in [0.25, 0.3) is 0 Å². The number of nitrogens with zero attached hydrogens (tertiary/aromatic N) is 2. The largest absolute Gasteiger partial charge is 0.495 e. The number of hydrogen-bond donors (Lipinski definition) is 1. The Morgan fingerprint density at radius 3 is 2.90 bits per heavy atom. The summed E-state index contributed by atoms with van der Waals surface area (Å²) in [7, 11) is 1.57. The molecule has 4 nitrogen and oxygen atoms in total. The average molecular weight is 287 g/mol. The lowest BCUT2D eigenvalue weighted by atomic mass is 10.1. The number of rotatable bonds is 5. The summed E-state index contributed by atoms with van der Waals surface area (Å²) in [6, 6.07) is 7.99. The lowest BCUT2D eigenvalue weighted by Crippen LogP contribution is -2.18. The smallest absolute Gasteiger partial charge is 0.136 e. The molecule has 1 aromatic heterocycles. The number of thiazole rings is 1. The van der Waals surface area contributed by atoms with Crippen molar-refractivity contribution in [2.75, 3.05) is 7.11 Å². The number of methoxy groups -OCH3 is 1. The summed E-state index contributed by atoms with van der Waals surface area (Å²) in [6.07, 6.45) is 0. The van der Waals surface area contributed by atoms with Gasteiger partial charge in [0, 0.05) is 17.6 Å². The maximum Gasteiger partial charge on any atom is 0.136 e. The van der Waals surface area contributed by atoms with E-state index in [1.807, 2.05) is 25.1 Å². The molecule has 0 aliphatic heterocycles. The van der Waals surface area contributed by atoms with Crippen LogP contribution < -0.4 is 10.1 Å². The Balaban J connectivity index is 2.02. The highest BCUT2D eigenvalue weighted by Gasteiger charge is 2.09. The van der Waals surface area contributed by atoms with Crippen molar-refractivity contribution in [3.63, 3.8) is 0 Å². The molecule has 104 valence electrons. The maximum atomic E-state index is 9.07. The van der Waals surface area contributed by atoms with Crippen molar-refractivity contribution in [1.82, 2.24) is 10.3 Å². The number of aromatic nitrogens is 1. The van der Waals surface area contributed by atoms with Crippen molar-refractivity contribution in [2.45, 2.75) is 26.4 Å². The Morgan fingerprint density at radius 1 is 1.50 bits per heavy atom. The molecule has 0 aliphatic rings. The van der Waals surface area contributed by atoms with Crippen LogP contribution in [0.3, 0.4) is 0 Å². The van der Waals surface area contributed by atoms with Crippen molar-refractivity contribution in [3.8, 4) is 11.8 Å². The number of ether oxygens (including phenoxy) is 1. The minimum Gasteiger partial charge on any atom is -0.495 e. The fourth-order valence-corrected chi connectivity index (χ4v) is 2.71. The third-order valence-electron chi connectivity index (χ3n) is 3.00. The van der Waals surface area contributed by atoms with Crippen LogP contribution in [0.4, 0.5) is 0 Å². The monoisotopic (exact) mass is 287 g/mol. The van der Waals surface area contributed by atoms with E-state index in [0.29, 0.717) is 17.9 Å². The zero-order valence-corrected chi connectivity index (χ0v) is 12.6. The summed E-state index contributed by atoms with van der Waals surface area (Å²) in [5.41, 5.74) is 2.67. The van der Waals surface area contributed by atoms with Gasteiger partial charge in [-0.25, -0.2) is 4.98 Å². The third kappa shape index (κ3) is 3.35. The lowest BCUT2D eigenvalue weighted by Gasteiger charge is -2.12. The molecule has 1 N–H and O–H groups in total. The van der Waals surface area contributed by atoms with E-state index in [2.05, 4.69) is 28.7 Å². The van der Waals surface area contributed by atoms with Gasteiger partial charge in [0.1, 0.15) is 16.8 Å². The van der Waals surface area contributed by atoms with Gasteiger partial charge in [0.15, 0.2) is 0 Å². The SMILES string of the molecule is COc1ccc(CNC(C)c2nc(C)cs2)cc1C#N. The molecule has 0 amide bonds. The molecule has 1 unspecified atom stereocenters. The highest BCUT2D eigenvalue weighted by Crippen LogP contribution is 2.21. The van der Waals surface area contributed by atoms with Crippen LogP contribution in [0.1, 0.15) is 34.8 Å². The lowest BCUT2D eigenvalue weighted by molar-refractivity contribution is 0.413. The molecule has 5 heteroatoms. The third-order valence-corrected chi connectivity index (χ3v) is 4.15. The molecule has 0 saturated heterocycles. The van der Waals surface area contributed by atoms with Gasteiger partial charge in [0.05, 0.1) is 18.7 Å². The van der Waals surface area contributed by atoms with E-state index in [1.54, 1.807) is 18.4 Å². The fraction of sp³-hybridized carbons (Fsp3) is 0.333. The molecular weight excluding hydrogens is 270 g/mol. The summed E-state index contributed by atoms with van der Waals surface area (Å²) in [4.78, 5) is 4.47. The second-order valence-corrected chi connectivity index (χ2v) is 5.47. The second kappa shape index (κ2) is 6.51. The van der Waals surface area contributed by atoms with Crippen molar-refractivity contribution in [3.05, 3.63) is 45.4 Å². The van der Waals surface area contributed by atoms with E-state index >= 15 is 0 Å². The van der Waals surface area contributed by atoms with Crippen LogP contribution >= 0.6 is 11.3 Å². The van der Waals surface area contributed by atoms with E-state index in [-0.39, 0.29) is 6.04 Å². The molecule has 2 rings (SSSR count). The first-order valence-electron chi connectivity index (χ1n) is 6.36. The molecule has 20 heavy (non-hydrogen) atoms. The number of benzene rings is 1. The average Bonchev–Trinajstić information content (AvgIpc) is 2.91. The van der Waals surface area contributed by atoms with Crippen molar-refractivity contribution >= 4 is 11.3 Å². The van der Waals surface area contributed by atoms with Gasteiger partial charge in [-0.15, -0.1) is 11.3 Å². The quantitative estimate of drug-likeness (QED) is 0.917. The zero-order chi connectivity index (χ0) is 14.5. The molecule has 1 atom stereocenters. The van der Waals surface area contributed by atoms with E-state index < -0.39 is 0 Å². The zero-order valence-electron chi connectivity index (χ0n) is 11.8. The summed E-state index contributed by atoms with van der Waals surface area (Å²) in [5.74, 6) is 0.611. The summed E-state index contributed by atoms with van der Waals surface area (Å²) in [6.45, 7) is 4.78. The van der Waals surface area contributed by atoms with E-state index in [4.69, 9.17) is 10.00 Å². The normalized spacial score (nSPS) is 11.9. The molecule has 2 aromatic rings.